The Morgan fingerprint density at radius 2 is 2.15 bits per heavy atom. The van der Waals surface area contributed by atoms with Crippen molar-refractivity contribution in [2.45, 2.75) is 19.4 Å². The van der Waals surface area contributed by atoms with Crippen molar-refractivity contribution in [3.05, 3.63) is 23.8 Å². The van der Waals surface area contributed by atoms with Crippen molar-refractivity contribution in [3.63, 3.8) is 0 Å². The molecule has 0 bridgehead atoms. The minimum atomic E-state index is 0.255. The molecule has 0 radical (unpaired) electrons. The van der Waals surface area contributed by atoms with E-state index < -0.39 is 0 Å². The van der Waals surface area contributed by atoms with Crippen LogP contribution in [0.2, 0.25) is 0 Å². The van der Waals surface area contributed by atoms with Crippen LogP contribution in [0.1, 0.15) is 24.9 Å². The monoisotopic (exact) mass is 278 g/mol. The van der Waals surface area contributed by atoms with E-state index >= 15 is 0 Å². The van der Waals surface area contributed by atoms with Crippen LogP contribution in [0, 0.1) is 5.92 Å². The highest BCUT2D eigenvalue weighted by Gasteiger charge is 2.23. The lowest BCUT2D eigenvalue weighted by atomic mass is 10.0. The van der Waals surface area contributed by atoms with Crippen LogP contribution in [-0.2, 0) is 0 Å². The first-order valence-corrected chi connectivity index (χ1v) is 7.29. The molecule has 1 aromatic rings. The molecule has 1 aliphatic rings. The maximum atomic E-state index is 5.50. The zero-order valence-electron chi connectivity index (χ0n) is 13.0. The Hall–Kier alpha value is -1.26. The second-order valence-electron chi connectivity index (χ2n) is 5.60. The van der Waals surface area contributed by atoms with Gasteiger partial charge in [-0.2, -0.15) is 0 Å². The van der Waals surface area contributed by atoms with E-state index in [0.717, 1.165) is 29.5 Å². The van der Waals surface area contributed by atoms with Crippen LogP contribution in [0.15, 0.2) is 18.2 Å². The Kier molecular flexibility index (Phi) is 5.26. The first kappa shape index (κ1) is 15.1. The lowest BCUT2D eigenvalue weighted by Gasteiger charge is -2.25. The van der Waals surface area contributed by atoms with Gasteiger partial charge in [0.05, 0.1) is 14.2 Å². The Bertz CT molecular complexity index is 436. The summed E-state index contributed by atoms with van der Waals surface area (Å²) in [6.45, 7) is 5.70. The smallest absolute Gasteiger partial charge is 0.123 e. The summed E-state index contributed by atoms with van der Waals surface area (Å²) in [7, 11) is 5.42. The summed E-state index contributed by atoms with van der Waals surface area (Å²) in [6, 6.07) is 6.24. The van der Waals surface area contributed by atoms with Gasteiger partial charge in [-0.05, 0) is 44.1 Å². The molecule has 0 saturated carbocycles. The van der Waals surface area contributed by atoms with E-state index in [0.29, 0.717) is 0 Å². The molecule has 112 valence electrons. The molecule has 20 heavy (non-hydrogen) atoms. The number of nitrogens with zero attached hydrogens (tertiary/aromatic N) is 1. The maximum Gasteiger partial charge on any atom is 0.123 e. The van der Waals surface area contributed by atoms with Crippen LogP contribution in [0.3, 0.4) is 0 Å². The van der Waals surface area contributed by atoms with Crippen molar-refractivity contribution in [2.75, 3.05) is 40.9 Å². The van der Waals surface area contributed by atoms with Gasteiger partial charge in [0.25, 0.3) is 0 Å². The number of likely N-dealkylation sites (N-methyl/N-ethyl adjacent to an activating group) is 1. The summed E-state index contributed by atoms with van der Waals surface area (Å²) < 4.78 is 10.8. The van der Waals surface area contributed by atoms with Gasteiger partial charge in [0.1, 0.15) is 11.5 Å². The molecule has 1 heterocycles. The van der Waals surface area contributed by atoms with Crippen LogP contribution in [0.5, 0.6) is 11.5 Å². The fourth-order valence-corrected chi connectivity index (χ4v) is 2.91. The highest BCUT2D eigenvalue weighted by atomic mass is 16.5. The summed E-state index contributed by atoms with van der Waals surface area (Å²) in [6.07, 6.45) is 1.30. The third kappa shape index (κ3) is 3.44. The lowest BCUT2D eigenvalue weighted by Crippen LogP contribution is -2.32. The van der Waals surface area contributed by atoms with E-state index in [-0.39, 0.29) is 6.04 Å². The molecule has 2 unspecified atom stereocenters. The van der Waals surface area contributed by atoms with Crippen LogP contribution in [0.4, 0.5) is 0 Å². The average molecular weight is 278 g/mol. The normalized spacial score (nSPS) is 20.9. The van der Waals surface area contributed by atoms with Crippen LogP contribution in [-0.4, -0.2) is 45.8 Å². The molecule has 0 spiro atoms. The van der Waals surface area contributed by atoms with E-state index in [2.05, 4.69) is 23.2 Å². The first-order valence-electron chi connectivity index (χ1n) is 7.29. The van der Waals surface area contributed by atoms with Gasteiger partial charge < -0.3 is 19.7 Å². The number of hydrogen-bond acceptors (Lipinski definition) is 4. The fourth-order valence-electron chi connectivity index (χ4n) is 2.91. The van der Waals surface area contributed by atoms with Crippen molar-refractivity contribution < 1.29 is 9.47 Å². The molecule has 1 aliphatic heterocycles. The third-order valence-corrected chi connectivity index (χ3v) is 4.11. The zero-order valence-corrected chi connectivity index (χ0v) is 13.0. The minimum Gasteiger partial charge on any atom is -0.497 e. The summed E-state index contributed by atoms with van der Waals surface area (Å²) in [4.78, 5) is 2.52. The number of benzene rings is 1. The van der Waals surface area contributed by atoms with E-state index in [4.69, 9.17) is 9.47 Å². The van der Waals surface area contributed by atoms with Gasteiger partial charge in [-0.1, -0.05) is 6.92 Å². The predicted molar refractivity (Wildman–Crippen MR) is 81.6 cm³/mol. The number of nitrogens with one attached hydrogen (secondary N) is 1. The lowest BCUT2D eigenvalue weighted by molar-refractivity contribution is 0.286. The second-order valence-corrected chi connectivity index (χ2v) is 5.60. The van der Waals surface area contributed by atoms with Gasteiger partial charge in [-0.15, -0.1) is 0 Å². The van der Waals surface area contributed by atoms with Gasteiger partial charge in [0.2, 0.25) is 0 Å². The number of rotatable bonds is 6. The highest BCUT2D eigenvalue weighted by molar-refractivity contribution is 5.42. The van der Waals surface area contributed by atoms with Crippen molar-refractivity contribution in [1.29, 1.82) is 0 Å². The molecular formula is C16H26N2O2. The molecule has 0 amide bonds. The average Bonchev–Trinajstić information content (AvgIpc) is 2.89. The SMILES string of the molecule is CNC(CN1CCC(C)C1)c1cc(OC)ccc1OC. The Morgan fingerprint density at radius 1 is 1.35 bits per heavy atom. The largest absolute Gasteiger partial charge is 0.497 e. The molecule has 2 atom stereocenters. The topological polar surface area (TPSA) is 33.7 Å². The van der Waals surface area contributed by atoms with Gasteiger partial charge >= 0.3 is 0 Å². The second kappa shape index (κ2) is 6.95. The molecule has 1 saturated heterocycles. The highest BCUT2D eigenvalue weighted by Crippen LogP contribution is 2.30. The number of hydrogen-bond donors (Lipinski definition) is 1. The Labute approximate surface area is 122 Å². The minimum absolute atomic E-state index is 0.255. The molecule has 0 aliphatic carbocycles. The van der Waals surface area contributed by atoms with E-state index in [1.54, 1.807) is 14.2 Å². The Morgan fingerprint density at radius 3 is 2.70 bits per heavy atom. The molecule has 4 nitrogen and oxygen atoms in total. The summed E-state index contributed by atoms with van der Waals surface area (Å²) in [5.74, 6) is 2.59. The molecule has 1 fully saturated rings. The van der Waals surface area contributed by atoms with E-state index in [9.17, 15) is 0 Å². The van der Waals surface area contributed by atoms with Gasteiger partial charge in [0, 0.05) is 24.7 Å². The number of ether oxygens (including phenoxy) is 2. The van der Waals surface area contributed by atoms with Crippen molar-refractivity contribution in [2.24, 2.45) is 5.92 Å². The van der Waals surface area contributed by atoms with Gasteiger partial charge in [0.15, 0.2) is 0 Å². The fraction of sp³-hybridized carbons (Fsp3) is 0.625. The molecule has 4 heteroatoms. The van der Waals surface area contributed by atoms with Gasteiger partial charge in [-0.3, -0.25) is 0 Å². The molecule has 0 aromatic heterocycles. The van der Waals surface area contributed by atoms with E-state index in [1.165, 1.54) is 19.5 Å². The molecular weight excluding hydrogens is 252 g/mol. The molecule has 2 rings (SSSR count). The van der Waals surface area contributed by atoms with Gasteiger partial charge in [-0.25, -0.2) is 0 Å². The zero-order chi connectivity index (χ0) is 14.5. The number of likely N-dealkylation sites (tertiary alicyclic amines) is 1. The summed E-state index contributed by atoms with van der Waals surface area (Å²) in [5.41, 5.74) is 1.16. The number of methoxy groups -OCH3 is 2. The third-order valence-electron chi connectivity index (χ3n) is 4.11. The van der Waals surface area contributed by atoms with Crippen molar-refractivity contribution in [1.82, 2.24) is 10.2 Å². The summed E-state index contributed by atoms with van der Waals surface area (Å²) >= 11 is 0. The molecule has 1 aromatic carbocycles. The standard InChI is InChI=1S/C16H26N2O2/c1-12-7-8-18(10-12)11-15(17-2)14-9-13(19-3)5-6-16(14)20-4/h5-6,9,12,15,17H,7-8,10-11H2,1-4H3. The van der Waals surface area contributed by atoms with Crippen molar-refractivity contribution >= 4 is 0 Å². The van der Waals surface area contributed by atoms with Crippen LogP contribution >= 0.6 is 0 Å². The Balaban J connectivity index is 2.17. The summed E-state index contributed by atoms with van der Waals surface area (Å²) in [5, 5.41) is 3.41. The predicted octanol–water partition coefficient (Wildman–Crippen LogP) is 2.31. The van der Waals surface area contributed by atoms with Crippen molar-refractivity contribution in [3.8, 4) is 11.5 Å². The maximum absolute atomic E-state index is 5.50. The van der Waals surface area contributed by atoms with Crippen LogP contribution in [0.25, 0.3) is 0 Å². The van der Waals surface area contributed by atoms with E-state index in [1.807, 2.05) is 19.2 Å². The van der Waals surface area contributed by atoms with Crippen LogP contribution < -0.4 is 14.8 Å². The molecule has 1 N–H and O–H groups in total. The first-order chi connectivity index (χ1) is 9.67. The quantitative estimate of drug-likeness (QED) is 0.866.